The molecule has 0 spiro atoms. The summed E-state index contributed by atoms with van der Waals surface area (Å²) in [5.41, 5.74) is 2.12. The molecule has 2 amide bonds. The number of sulfonamides is 1. The number of benzene rings is 3. The number of hydrogen-bond acceptors (Lipinski definition) is 6. The van der Waals surface area contributed by atoms with E-state index < -0.39 is 28.5 Å². The largest absolute Gasteiger partial charge is 0.493 e. The smallest absolute Gasteiger partial charge is 0.264 e. The molecule has 0 aliphatic rings. The third-order valence-corrected chi connectivity index (χ3v) is 8.45. The molecule has 1 atom stereocenters. The minimum absolute atomic E-state index is 0.0369. The predicted octanol–water partition coefficient (Wildman–Crippen LogP) is 3.80. The van der Waals surface area contributed by atoms with E-state index in [9.17, 15) is 18.0 Å². The third-order valence-electron chi connectivity index (χ3n) is 6.66. The zero-order valence-corrected chi connectivity index (χ0v) is 24.4. The van der Waals surface area contributed by atoms with Crippen molar-refractivity contribution in [2.24, 2.45) is 0 Å². The summed E-state index contributed by atoms with van der Waals surface area (Å²) >= 11 is 0. The Morgan fingerprint density at radius 3 is 2.15 bits per heavy atom. The van der Waals surface area contributed by atoms with Crippen LogP contribution in [0.3, 0.4) is 0 Å². The summed E-state index contributed by atoms with van der Waals surface area (Å²) in [4.78, 5) is 28.3. The normalized spacial score (nSPS) is 11.8. The van der Waals surface area contributed by atoms with E-state index in [4.69, 9.17) is 9.47 Å². The van der Waals surface area contributed by atoms with Crippen LogP contribution >= 0.6 is 0 Å². The average molecular weight is 568 g/mol. The van der Waals surface area contributed by atoms with Gasteiger partial charge in [0.15, 0.2) is 11.5 Å². The molecule has 1 N–H and O–H groups in total. The third kappa shape index (κ3) is 7.12. The molecule has 0 saturated heterocycles. The number of amides is 2. The van der Waals surface area contributed by atoms with Gasteiger partial charge in [-0.15, -0.1) is 0 Å². The lowest BCUT2D eigenvalue weighted by Crippen LogP contribution is -2.52. The zero-order valence-electron chi connectivity index (χ0n) is 23.6. The van der Waals surface area contributed by atoms with E-state index in [0.717, 1.165) is 15.4 Å². The number of nitrogens with one attached hydrogen (secondary N) is 1. The Balaban J connectivity index is 2.06. The monoisotopic (exact) mass is 567 g/mol. The van der Waals surface area contributed by atoms with E-state index in [2.05, 4.69) is 5.32 Å². The van der Waals surface area contributed by atoms with Crippen LogP contribution in [0.2, 0.25) is 0 Å². The molecular weight excluding hydrogens is 530 g/mol. The number of likely N-dealkylation sites (N-methyl/N-ethyl adjacent to an activating group) is 1. The molecule has 0 aromatic heterocycles. The number of anilines is 1. The van der Waals surface area contributed by atoms with Crippen LogP contribution in [0, 0.1) is 6.92 Å². The van der Waals surface area contributed by atoms with Gasteiger partial charge >= 0.3 is 0 Å². The number of nitrogens with zero attached hydrogens (tertiary/aromatic N) is 2. The molecule has 0 saturated carbocycles. The SMILES string of the molecule is CC[C@H](C(=O)NC)N(CCc1ccccc1)C(=O)CN(c1ccc(OC)c(OC)c1)S(=O)(=O)c1ccc(C)cc1. The predicted molar refractivity (Wildman–Crippen MR) is 155 cm³/mol. The lowest BCUT2D eigenvalue weighted by atomic mass is 10.1. The first-order chi connectivity index (χ1) is 19.2. The van der Waals surface area contributed by atoms with Crippen LogP contribution in [0.25, 0.3) is 0 Å². The molecule has 10 heteroatoms. The quantitative estimate of drug-likeness (QED) is 0.337. The molecule has 3 aromatic carbocycles. The van der Waals surface area contributed by atoms with Crippen LogP contribution in [-0.2, 0) is 26.0 Å². The van der Waals surface area contributed by atoms with Gasteiger partial charge in [0, 0.05) is 19.7 Å². The standard InChI is InChI=1S/C30H37N3O6S/c1-6-26(30(35)31-3)32(19-18-23-10-8-7-9-11-23)29(34)21-33(24-14-17-27(38-4)28(20-24)39-5)40(36,37)25-15-12-22(2)13-16-25/h7-17,20,26H,6,18-19,21H2,1-5H3,(H,31,35)/t26-/m1/s1. The molecule has 0 fully saturated rings. The Hall–Kier alpha value is -4.05. The summed E-state index contributed by atoms with van der Waals surface area (Å²) in [5.74, 6) is -0.0884. The summed E-state index contributed by atoms with van der Waals surface area (Å²) in [6.45, 7) is 3.39. The number of rotatable bonds is 13. The highest BCUT2D eigenvalue weighted by atomic mass is 32.2. The number of carbonyl (C=O) groups is 2. The summed E-state index contributed by atoms with van der Waals surface area (Å²) < 4.78 is 39.7. The van der Waals surface area contributed by atoms with Gasteiger partial charge < -0.3 is 19.7 Å². The Morgan fingerprint density at radius 1 is 0.925 bits per heavy atom. The summed E-state index contributed by atoms with van der Waals surface area (Å²) in [6.07, 6.45) is 0.864. The fourth-order valence-corrected chi connectivity index (χ4v) is 5.81. The van der Waals surface area contributed by atoms with E-state index >= 15 is 0 Å². The van der Waals surface area contributed by atoms with Crippen LogP contribution in [0.15, 0.2) is 77.7 Å². The fraction of sp³-hybridized carbons (Fsp3) is 0.333. The molecule has 0 radical (unpaired) electrons. The molecular formula is C30H37N3O6S. The van der Waals surface area contributed by atoms with E-state index in [1.165, 1.54) is 44.4 Å². The highest BCUT2D eigenvalue weighted by Gasteiger charge is 2.33. The number of carbonyl (C=O) groups excluding carboxylic acids is 2. The van der Waals surface area contributed by atoms with Gasteiger partial charge in [-0.05, 0) is 49.6 Å². The zero-order chi connectivity index (χ0) is 29.3. The number of ether oxygens (including phenoxy) is 2. The molecule has 0 aliphatic heterocycles. The second-order valence-corrected chi connectivity index (χ2v) is 11.1. The van der Waals surface area contributed by atoms with Crippen molar-refractivity contribution in [3.05, 3.63) is 83.9 Å². The lowest BCUT2D eigenvalue weighted by molar-refractivity contribution is -0.139. The molecule has 0 unspecified atom stereocenters. The van der Waals surface area contributed by atoms with Crippen LogP contribution in [-0.4, -0.2) is 65.5 Å². The Labute approximate surface area is 236 Å². The van der Waals surface area contributed by atoms with Crippen LogP contribution < -0.4 is 19.1 Å². The van der Waals surface area contributed by atoms with E-state index in [1.54, 1.807) is 24.3 Å². The van der Waals surface area contributed by atoms with Crippen LogP contribution in [0.4, 0.5) is 5.69 Å². The van der Waals surface area contributed by atoms with Gasteiger partial charge in [-0.3, -0.25) is 13.9 Å². The summed E-state index contributed by atoms with van der Waals surface area (Å²) in [6, 6.07) is 19.9. The van der Waals surface area contributed by atoms with Crippen molar-refractivity contribution in [2.75, 3.05) is 38.7 Å². The maximum atomic E-state index is 14.0. The van der Waals surface area contributed by atoms with E-state index in [1.807, 2.05) is 44.2 Å². The first-order valence-electron chi connectivity index (χ1n) is 13.0. The molecule has 0 aliphatic carbocycles. The van der Waals surface area contributed by atoms with E-state index in [0.29, 0.717) is 24.3 Å². The van der Waals surface area contributed by atoms with E-state index in [-0.39, 0.29) is 23.0 Å². The lowest BCUT2D eigenvalue weighted by Gasteiger charge is -2.33. The van der Waals surface area contributed by atoms with Crippen molar-refractivity contribution in [1.82, 2.24) is 10.2 Å². The molecule has 3 aromatic rings. The topological polar surface area (TPSA) is 105 Å². The second kappa shape index (κ2) is 13.8. The first-order valence-corrected chi connectivity index (χ1v) is 14.5. The summed E-state index contributed by atoms with van der Waals surface area (Å²) in [5, 5.41) is 2.63. The van der Waals surface area contributed by atoms with Crippen LogP contribution in [0.5, 0.6) is 11.5 Å². The highest BCUT2D eigenvalue weighted by molar-refractivity contribution is 7.92. The minimum atomic E-state index is -4.18. The van der Waals surface area contributed by atoms with Gasteiger partial charge in [0.05, 0.1) is 24.8 Å². The molecule has 40 heavy (non-hydrogen) atoms. The van der Waals surface area contributed by atoms with Crippen molar-refractivity contribution < 1.29 is 27.5 Å². The first kappa shape index (κ1) is 30.5. The maximum Gasteiger partial charge on any atom is 0.264 e. The van der Waals surface area contributed by atoms with Gasteiger partial charge in [-0.2, -0.15) is 0 Å². The van der Waals surface area contributed by atoms with Gasteiger partial charge in [0.1, 0.15) is 12.6 Å². The number of aryl methyl sites for hydroxylation is 1. The molecule has 9 nitrogen and oxygen atoms in total. The van der Waals surface area contributed by atoms with Crippen molar-refractivity contribution in [3.63, 3.8) is 0 Å². The fourth-order valence-electron chi connectivity index (χ4n) is 4.41. The average Bonchev–Trinajstić information content (AvgIpc) is 2.97. The Morgan fingerprint density at radius 2 is 1.57 bits per heavy atom. The second-order valence-electron chi connectivity index (χ2n) is 9.23. The molecule has 0 heterocycles. The number of hydrogen-bond donors (Lipinski definition) is 1. The number of methoxy groups -OCH3 is 2. The highest BCUT2D eigenvalue weighted by Crippen LogP contribution is 2.34. The molecule has 214 valence electrons. The van der Waals surface area contributed by atoms with Crippen LogP contribution in [0.1, 0.15) is 24.5 Å². The summed E-state index contributed by atoms with van der Waals surface area (Å²) in [7, 11) is 0.269. The van der Waals surface area contributed by atoms with Crippen molar-refractivity contribution >= 4 is 27.5 Å². The van der Waals surface area contributed by atoms with Crippen molar-refractivity contribution in [1.29, 1.82) is 0 Å². The Bertz CT molecular complexity index is 1390. The van der Waals surface area contributed by atoms with Gasteiger partial charge in [0.25, 0.3) is 10.0 Å². The maximum absolute atomic E-state index is 14.0. The molecule has 0 bridgehead atoms. The van der Waals surface area contributed by atoms with Crippen molar-refractivity contribution in [3.8, 4) is 11.5 Å². The molecule has 3 rings (SSSR count). The van der Waals surface area contributed by atoms with Gasteiger partial charge in [-0.1, -0.05) is 55.0 Å². The Kier molecular flexibility index (Phi) is 10.6. The van der Waals surface area contributed by atoms with Gasteiger partial charge in [-0.25, -0.2) is 8.42 Å². The van der Waals surface area contributed by atoms with Gasteiger partial charge in [0.2, 0.25) is 11.8 Å². The minimum Gasteiger partial charge on any atom is -0.493 e. The van der Waals surface area contributed by atoms with Crippen molar-refractivity contribution in [2.45, 2.75) is 37.6 Å².